The summed E-state index contributed by atoms with van der Waals surface area (Å²) in [4.78, 5) is 25.7. The van der Waals surface area contributed by atoms with E-state index in [0.717, 1.165) is 25.2 Å². The molecule has 2 aromatic rings. The van der Waals surface area contributed by atoms with Gasteiger partial charge in [-0.1, -0.05) is 11.6 Å². The van der Waals surface area contributed by atoms with E-state index in [9.17, 15) is 4.79 Å². The average molecular weight is 291 g/mol. The van der Waals surface area contributed by atoms with Crippen molar-refractivity contribution in [3.8, 4) is 0 Å². The number of hydrogen-bond acceptors (Lipinski definition) is 3. The molecular formula is C14H15ClN4O. The van der Waals surface area contributed by atoms with E-state index in [1.807, 2.05) is 11.1 Å². The Kier molecular flexibility index (Phi) is 3.69. The zero-order valence-electron chi connectivity index (χ0n) is 10.9. The number of nitrogens with zero attached hydrogens (tertiary/aromatic N) is 3. The molecule has 0 bridgehead atoms. The lowest BCUT2D eigenvalue weighted by Crippen LogP contribution is -2.39. The van der Waals surface area contributed by atoms with Crippen LogP contribution in [0.15, 0.2) is 30.9 Å². The molecule has 104 valence electrons. The van der Waals surface area contributed by atoms with Crippen molar-refractivity contribution in [3.05, 3.63) is 47.3 Å². The molecule has 1 N–H and O–H groups in total. The fourth-order valence-electron chi connectivity index (χ4n) is 2.60. The number of rotatable bonds is 2. The molecule has 0 aliphatic carbocycles. The quantitative estimate of drug-likeness (QED) is 0.924. The van der Waals surface area contributed by atoms with E-state index >= 15 is 0 Å². The number of piperidine rings is 1. The zero-order chi connectivity index (χ0) is 13.9. The van der Waals surface area contributed by atoms with Crippen LogP contribution in [0.25, 0.3) is 0 Å². The van der Waals surface area contributed by atoms with E-state index in [4.69, 9.17) is 11.6 Å². The molecule has 1 aliphatic rings. The van der Waals surface area contributed by atoms with Gasteiger partial charge in [-0.05, 0) is 18.9 Å². The summed E-state index contributed by atoms with van der Waals surface area (Å²) in [6.07, 6.45) is 8.67. The van der Waals surface area contributed by atoms with E-state index in [-0.39, 0.29) is 11.8 Å². The van der Waals surface area contributed by atoms with Gasteiger partial charge >= 0.3 is 0 Å². The minimum Gasteiger partial charge on any atom is -0.348 e. The first kappa shape index (κ1) is 13.1. The van der Waals surface area contributed by atoms with Crippen LogP contribution in [0.5, 0.6) is 0 Å². The van der Waals surface area contributed by atoms with Gasteiger partial charge in [0.15, 0.2) is 0 Å². The molecule has 1 fully saturated rings. The first-order valence-corrected chi connectivity index (χ1v) is 7.01. The molecule has 3 rings (SSSR count). The van der Waals surface area contributed by atoms with Crippen LogP contribution in [0.4, 0.5) is 0 Å². The molecule has 1 saturated heterocycles. The molecule has 0 saturated carbocycles. The maximum atomic E-state index is 12.5. The molecule has 0 unspecified atom stereocenters. The molecule has 6 heteroatoms. The molecule has 0 aromatic carbocycles. The van der Waals surface area contributed by atoms with Crippen LogP contribution < -0.4 is 0 Å². The molecule has 2 aromatic heterocycles. The van der Waals surface area contributed by atoms with Gasteiger partial charge < -0.3 is 9.88 Å². The SMILES string of the molecule is O=C(c1ccncc1Cl)N1CCC[C@H](c2ncc[nH]2)C1. The molecule has 5 nitrogen and oxygen atoms in total. The van der Waals surface area contributed by atoms with Crippen molar-refractivity contribution in [2.45, 2.75) is 18.8 Å². The van der Waals surface area contributed by atoms with E-state index in [1.165, 1.54) is 6.20 Å². The highest BCUT2D eigenvalue weighted by Crippen LogP contribution is 2.26. The van der Waals surface area contributed by atoms with Crippen LogP contribution in [0, 0.1) is 0 Å². The third-order valence-electron chi connectivity index (χ3n) is 3.62. The van der Waals surface area contributed by atoms with Crippen LogP contribution in [0.1, 0.15) is 34.9 Å². The maximum Gasteiger partial charge on any atom is 0.255 e. The second-order valence-electron chi connectivity index (χ2n) is 4.92. The summed E-state index contributed by atoms with van der Waals surface area (Å²) < 4.78 is 0. The van der Waals surface area contributed by atoms with Crippen LogP contribution in [-0.2, 0) is 0 Å². The highest BCUT2D eigenvalue weighted by Gasteiger charge is 2.27. The Labute approximate surface area is 122 Å². The predicted octanol–water partition coefficient (Wildman–Crippen LogP) is 2.48. The molecule has 1 aliphatic heterocycles. The second-order valence-corrected chi connectivity index (χ2v) is 5.33. The fourth-order valence-corrected chi connectivity index (χ4v) is 2.80. The fraction of sp³-hybridized carbons (Fsp3) is 0.357. The minimum absolute atomic E-state index is 0.0337. The van der Waals surface area contributed by atoms with Crippen LogP contribution in [-0.4, -0.2) is 38.8 Å². The van der Waals surface area contributed by atoms with E-state index in [2.05, 4.69) is 15.0 Å². The number of halogens is 1. The zero-order valence-corrected chi connectivity index (χ0v) is 11.7. The summed E-state index contributed by atoms with van der Waals surface area (Å²) in [6.45, 7) is 1.43. The van der Waals surface area contributed by atoms with Gasteiger partial charge in [0, 0.05) is 43.8 Å². The summed E-state index contributed by atoms with van der Waals surface area (Å²) in [5.41, 5.74) is 0.516. The number of aromatic amines is 1. The van der Waals surface area contributed by atoms with Gasteiger partial charge in [0.1, 0.15) is 5.82 Å². The number of aromatic nitrogens is 3. The summed E-state index contributed by atoms with van der Waals surface area (Å²) >= 11 is 6.05. The number of amides is 1. The lowest BCUT2D eigenvalue weighted by molar-refractivity contribution is 0.0705. The van der Waals surface area contributed by atoms with Crippen molar-refractivity contribution in [2.75, 3.05) is 13.1 Å². The highest BCUT2D eigenvalue weighted by atomic mass is 35.5. The van der Waals surface area contributed by atoms with E-state index < -0.39 is 0 Å². The number of carbonyl (C=O) groups excluding carboxylic acids is 1. The van der Waals surface area contributed by atoms with Gasteiger partial charge in [0.25, 0.3) is 5.91 Å². The predicted molar refractivity (Wildman–Crippen MR) is 75.7 cm³/mol. The summed E-state index contributed by atoms with van der Waals surface area (Å²) in [7, 11) is 0. The van der Waals surface area contributed by atoms with Gasteiger partial charge in [-0.3, -0.25) is 9.78 Å². The van der Waals surface area contributed by atoms with Crippen LogP contribution in [0.3, 0.4) is 0 Å². The molecule has 0 radical (unpaired) electrons. The van der Waals surface area contributed by atoms with Crippen LogP contribution >= 0.6 is 11.6 Å². The monoisotopic (exact) mass is 290 g/mol. The molecule has 20 heavy (non-hydrogen) atoms. The maximum absolute atomic E-state index is 12.5. The molecule has 1 amide bonds. The van der Waals surface area contributed by atoms with Gasteiger partial charge in [-0.2, -0.15) is 0 Å². The number of H-pyrrole nitrogens is 1. The molecule has 3 heterocycles. The van der Waals surface area contributed by atoms with Crippen molar-refractivity contribution in [3.63, 3.8) is 0 Å². The number of nitrogens with one attached hydrogen (secondary N) is 1. The van der Waals surface area contributed by atoms with Crippen LogP contribution in [0.2, 0.25) is 5.02 Å². The Morgan fingerprint density at radius 3 is 3.10 bits per heavy atom. The largest absolute Gasteiger partial charge is 0.348 e. The minimum atomic E-state index is -0.0337. The summed E-state index contributed by atoms with van der Waals surface area (Å²) in [6, 6.07) is 1.67. The Morgan fingerprint density at radius 2 is 2.35 bits per heavy atom. The molecule has 1 atom stereocenters. The van der Waals surface area contributed by atoms with E-state index in [1.54, 1.807) is 18.5 Å². The third kappa shape index (κ3) is 2.54. The highest BCUT2D eigenvalue weighted by molar-refractivity contribution is 6.33. The summed E-state index contributed by atoms with van der Waals surface area (Å²) in [5, 5.41) is 0.401. The van der Waals surface area contributed by atoms with Gasteiger partial charge in [0.05, 0.1) is 10.6 Å². The normalized spacial score (nSPS) is 19.1. The Bertz CT molecular complexity index is 599. The summed E-state index contributed by atoms with van der Waals surface area (Å²) in [5.74, 6) is 1.18. The lowest BCUT2D eigenvalue weighted by Gasteiger charge is -2.32. The molecular weight excluding hydrogens is 276 g/mol. The Balaban J connectivity index is 1.77. The van der Waals surface area contributed by atoms with Crippen molar-refractivity contribution in [1.82, 2.24) is 19.9 Å². The number of hydrogen-bond donors (Lipinski definition) is 1. The third-order valence-corrected chi connectivity index (χ3v) is 3.92. The van der Waals surface area contributed by atoms with Crippen molar-refractivity contribution in [1.29, 1.82) is 0 Å². The van der Waals surface area contributed by atoms with Crippen molar-refractivity contribution < 1.29 is 4.79 Å². The lowest BCUT2D eigenvalue weighted by atomic mass is 9.97. The topological polar surface area (TPSA) is 61.9 Å². The smallest absolute Gasteiger partial charge is 0.255 e. The average Bonchev–Trinajstić information content (AvgIpc) is 3.01. The first-order valence-electron chi connectivity index (χ1n) is 6.64. The number of carbonyl (C=O) groups is 1. The van der Waals surface area contributed by atoms with Crippen molar-refractivity contribution >= 4 is 17.5 Å². The number of imidazole rings is 1. The number of pyridine rings is 1. The van der Waals surface area contributed by atoms with Gasteiger partial charge in [-0.15, -0.1) is 0 Å². The number of likely N-dealkylation sites (tertiary alicyclic amines) is 1. The molecule has 0 spiro atoms. The Morgan fingerprint density at radius 1 is 1.45 bits per heavy atom. The van der Waals surface area contributed by atoms with Gasteiger partial charge in [-0.25, -0.2) is 4.98 Å². The standard InChI is InChI=1S/C14H15ClN4O/c15-12-8-16-4-3-11(12)14(20)19-7-1-2-10(9-19)13-17-5-6-18-13/h3-6,8,10H,1-2,7,9H2,(H,17,18)/t10-/m0/s1. The van der Waals surface area contributed by atoms with Gasteiger partial charge in [0.2, 0.25) is 0 Å². The van der Waals surface area contributed by atoms with Crippen molar-refractivity contribution in [2.24, 2.45) is 0 Å². The first-order chi connectivity index (χ1) is 9.75. The Hall–Kier alpha value is -1.88. The van der Waals surface area contributed by atoms with E-state index in [0.29, 0.717) is 17.1 Å². The second kappa shape index (κ2) is 5.63.